The van der Waals surface area contributed by atoms with Gasteiger partial charge in [0.1, 0.15) is 17.6 Å². The van der Waals surface area contributed by atoms with Crippen LogP contribution in [-0.2, 0) is 14.3 Å². The second-order valence-electron chi connectivity index (χ2n) is 22.8. The molecule has 62 heavy (non-hydrogen) atoms. The van der Waals surface area contributed by atoms with Gasteiger partial charge in [-0.15, -0.1) is 0 Å². The molecule has 2 aliphatic heterocycles. The first-order valence-electron chi connectivity index (χ1n) is 24.2. The summed E-state index contributed by atoms with van der Waals surface area (Å²) in [5.74, 6) is 0.716. The molecular weight excluding hydrogens is 777 g/mol. The van der Waals surface area contributed by atoms with Crippen LogP contribution in [0.25, 0.3) is 0 Å². The summed E-state index contributed by atoms with van der Waals surface area (Å²) in [6, 6.07) is 15.4. The average molecular weight is 851 g/mol. The summed E-state index contributed by atoms with van der Waals surface area (Å²) in [6.07, 6.45) is 9.57. The topological polar surface area (TPSA) is 166 Å². The van der Waals surface area contributed by atoms with Crippen molar-refractivity contribution in [2.75, 3.05) is 18.9 Å². The highest BCUT2D eigenvalue weighted by molar-refractivity contribution is 6.00. The van der Waals surface area contributed by atoms with Crippen LogP contribution in [0.2, 0.25) is 0 Å². The molecule has 15 atom stereocenters. The number of hydrogen-bond acceptors (Lipinski definition) is 9. The van der Waals surface area contributed by atoms with Gasteiger partial charge in [-0.05, 0) is 159 Å². The number of ketones is 2. The predicted octanol–water partition coefficient (Wildman–Crippen LogP) is 8.53. The number of ether oxygens (including phenoxy) is 1. The zero-order chi connectivity index (χ0) is 44.2. The van der Waals surface area contributed by atoms with Gasteiger partial charge in [0.2, 0.25) is 0 Å². The van der Waals surface area contributed by atoms with Crippen LogP contribution in [0, 0.1) is 45.3 Å². The van der Waals surface area contributed by atoms with E-state index in [4.69, 9.17) is 10.5 Å². The van der Waals surface area contributed by atoms with Crippen LogP contribution >= 0.6 is 0 Å². The Morgan fingerprint density at radius 3 is 2.42 bits per heavy atom. The number of allylic oxidation sites excluding steroid dienone is 2. The summed E-state index contributed by atoms with van der Waals surface area (Å²) < 4.78 is 6.51. The zero-order valence-corrected chi connectivity index (χ0v) is 38.2. The van der Waals surface area contributed by atoms with Crippen LogP contribution in [0.4, 0.5) is 5.69 Å². The molecule has 0 unspecified atom stereocenters. The van der Waals surface area contributed by atoms with E-state index in [9.17, 15) is 25.2 Å². The van der Waals surface area contributed by atoms with Gasteiger partial charge < -0.3 is 36.2 Å². The van der Waals surface area contributed by atoms with E-state index in [1.165, 1.54) is 11.1 Å². The maximum atomic E-state index is 15.2. The van der Waals surface area contributed by atoms with Crippen molar-refractivity contribution in [2.45, 2.75) is 173 Å². The van der Waals surface area contributed by atoms with E-state index < -0.39 is 39.5 Å². The lowest BCUT2D eigenvalue weighted by Crippen LogP contribution is -2.71. The number of aliphatic hydroxyl groups is 3. The molecule has 2 heterocycles. The van der Waals surface area contributed by atoms with Gasteiger partial charge in [0.05, 0.1) is 17.3 Å². The van der Waals surface area contributed by atoms with Crippen molar-refractivity contribution in [3.8, 4) is 5.75 Å². The monoisotopic (exact) mass is 851 g/mol. The van der Waals surface area contributed by atoms with E-state index in [2.05, 4.69) is 52.1 Å². The fourth-order valence-electron chi connectivity index (χ4n) is 16.5. The smallest absolute Gasteiger partial charge is 0.159 e. The summed E-state index contributed by atoms with van der Waals surface area (Å²) in [5, 5.41) is 49.4. The number of Topliss-reactive ketones (excluding diaryl/α,β-unsaturated/α-hetero) is 2. The first-order chi connectivity index (χ1) is 29.3. The number of epoxide rings is 1. The number of carbonyl (C=O) groups is 2. The largest absolute Gasteiger partial charge is 0.508 e. The predicted molar refractivity (Wildman–Crippen MR) is 241 cm³/mol. The van der Waals surface area contributed by atoms with Gasteiger partial charge in [0.15, 0.2) is 5.78 Å². The Morgan fingerprint density at radius 2 is 1.68 bits per heavy atom. The summed E-state index contributed by atoms with van der Waals surface area (Å²) in [5.41, 5.74) is 7.79. The van der Waals surface area contributed by atoms with Crippen LogP contribution < -0.4 is 11.1 Å². The summed E-state index contributed by atoms with van der Waals surface area (Å²) in [4.78, 5) is 30.0. The normalized spacial score (nSPS) is 44.0. The molecule has 9 nitrogen and oxygen atoms in total. The molecule has 2 aromatic rings. The van der Waals surface area contributed by atoms with Crippen LogP contribution in [0.5, 0.6) is 5.75 Å². The molecule has 9 rings (SSSR count). The number of phenols is 1. The second kappa shape index (κ2) is 15.5. The van der Waals surface area contributed by atoms with Crippen LogP contribution in [0.15, 0.2) is 59.7 Å². The van der Waals surface area contributed by atoms with Gasteiger partial charge in [0.25, 0.3) is 0 Å². The van der Waals surface area contributed by atoms with Crippen molar-refractivity contribution in [1.82, 2.24) is 5.32 Å². The van der Waals surface area contributed by atoms with Crippen LogP contribution in [-0.4, -0.2) is 74.6 Å². The van der Waals surface area contributed by atoms with E-state index >= 15 is 4.79 Å². The third-order valence-corrected chi connectivity index (χ3v) is 19.1. The molecule has 7 aliphatic rings. The fourth-order valence-corrected chi connectivity index (χ4v) is 16.5. The minimum absolute atomic E-state index is 0.0101. The minimum atomic E-state index is -0.905. The number of nitrogens with one attached hydrogen (secondary N) is 1. The SMILES string of the molecule is C[C@H](C[C@@H](O)[C@H]1O[C@]1(C)[C@@H]1CCC[C@H]1c1cccc(N)c1)C1=C2CC[C@@H]3[C@]4(C)C[C@H](c5cccc(O)c5)C(=O)[C@]5(C)CCCC[C@@](C)(O)CN[C@@H](C[C@]3(CCO)[C@@]2(C)CC1=O)[C@H]45. The number of phenolic OH excluding ortho intramolecular Hbond substituents is 1. The van der Waals surface area contributed by atoms with Gasteiger partial charge >= 0.3 is 0 Å². The number of benzene rings is 2. The zero-order valence-electron chi connectivity index (χ0n) is 38.2. The molecule has 7 N–H and O–H groups in total. The lowest BCUT2D eigenvalue weighted by Gasteiger charge is -2.71. The number of aliphatic hydroxyl groups excluding tert-OH is 2. The molecule has 0 amide bonds. The Morgan fingerprint density at radius 1 is 0.935 bits per heavy atom. The Labute approximate surface area is 369 Å². The number of fused-ring (bicyclic) bond motifs is 4. The number of rotatable bonds is 9. The van der Waals surface area contributed by atoms with E-state index in [-0.39, 0.29) is 65.2 Å². The molecule has 4 saturated carbocycles. The first kappa shape index (κ1) is 44.1. The molecule has 9 heteroatoms. The molecule has 6 fully saturated rings. The summed E-state index contributed by atoms with van der Waals surface area (Å²) >= 11 is 0. The standard InChI is InChI=1S/C53H74N2O7/c1-31(24-41(58)47-52(6,62-47)38-17-11-16-36(38)32-12-9-14-34(54)25-32)44-39-18-19-43-50(4)27-37(33-13-10-15-35(57)26-33)46(60)49(3)21-8-7-20-48(2,61)30-55-40(45(49)50)28-53(43,22-23-56)51(39,5)29-42(44)59/h9-10,12-15,25-26,31,36-38,40-41,43,45,47,55-58,61H,7-8,11,16-24,27-30,54H2,1-6H3/t31-,36+,37-,38-,40+,41-,43-,45+,47-,48-,49-,50+,51+,52-,53+/m1/s1. The Balaban J connectivity index is 1.06. The van der Waals surface area contributed by atoms with E-state index in [1.807, 2.05) is 31.2 Å². The lowest BCUT2D eigenvalue weighted by atomic mass is 9.33. The molecule has 0 spiro atoms. The molecule has 0 aromatic heterocycles. The number of β-amino-alcohol motifs (C(OH)–C–C–N with tert-alkyl or cyclic N) is 1. The Hall–Kier alpha value is -3.08. The van der Waals surface area contributed by atoms with Crippen molar-refractivity contribution in [3.05, 3.63) is 70.8 Å². The number of anilines is 1. The number of nitrogens with two attached hydrogens (primary N) is 1. The van der Waals surface area contributed by atoms with Gasteiger partial charge in [-0.1, -0.05) is 76.8 Å². The highest BCUT2D eigenvalue weighted by Gasteiger charge is 2.73. The lowest BCUT2D eigenvalue weighted by molar-refractivity contribution is -0.208. The second-order valence-corrected chi connectivity index (χ2v) is 22.8. The van der Waals surface area contributed by atoms with Gasteiger partial charge in [0, 0.05) is 48.0 Å². The van der Waals surface area contributed by atoms with Crippen molar-refractivity contribution >= 4 is 17.3 Å². The number of carbonyl (C=O) groups excluding carboxylic acids is 2. The molecule has 338 valence electrons. The Kier molecular flexibility index (Phi) is 11.1. The first-order valence-corrected chi connectivity index (χ1v) is 24.2. The average Bonchev–Trinajstić information content (AvgIpc) is 3.51. The number of nitrogen functional groups attached to an aromatic ring is 1. The van der Waals surface area contributed by atoms with Crippen molar-refractivity contribution in [1.29, 1.82) is 0 Å². The fraction of sp³-hybridized carbons (Fsp3) is 0.698. The maximum Gasteiger partial charge on any atom is 0.159 e. The molecule has 5 aliphatic carbocycles. The van der Waals surface area contributed by atoms with E-state index in [0.29, 0.717) is 51.0 Å². The highest BCUT2D eigenvalue weighted by Crippen LogP contribution is 2.76. The van der Waals surface area contributed by atoms with Crippen molar-refractivity contribution < 1.29 is 34.8 Å². The summed E-state index contributed by atoms with van der Waals surface area (Å²) in [6.45, 7) is 13.5. The molecule has 2 saturated heterocycles. The third-order valence-electron chi connectivity index (χ3n) is 19.1. The quantitative estimate of drug-likeness (QED) is 0.107. The van der Waals surface area contributed by atoms with E-state index in [0.717, 1.165) is 68.2 Å². The molecular formula is C53H74N2O7. The van der Waals surface area contributed by atoms with Crippen LogP contribution in [0.1, 0.15) is 154 Å². The van der Waals surface area contributed by atoms with Crippen molar-refractivity contribution in [3.63, 3.8) is 0 Å². The third kappa shape index (κ3) is 6.79. The van der Waals surface area contributed by atoms with Crippen LogP contribution in [0.3, 0.4) is 0 Å². The van der Waals surface area contributed by atoms with Gasteiger partial charge in [-0.3, -0.25) is 9.59 Å². The molecule has 0 bridgehead atoms. The Bertz CT molecular complexity index is 2120. The maximum absolute atomic E-state index is 15.2. The number of aromatic hydroxyl groups is 1. The number of hydrogen-bond donors (Lipinski definition) is 6. The van der Waals surface area contributed by atoms with E-state index in [1.54, 1.807) is 12.1 Å². The summed E-state index contributed by atoms with van der Waals surface area (Å²) in [7, 11) is 0. The minimum Gasteiger partial charge on any atom is -0.508 e. The van der Waals surface area contributed by atoms with Crippen molar-refractivity contribution in [2.24, 2.45) is 45.3 Å². The van der Waals surface area contributed by atoms with Gasteiger partial charge in [-0.25, -0.2) is 0 Å². The highest BCUT2D eigenvalue weighted by atomic mass is 16.6. The van der Waals surface area contributed by atoms with Gasteiger partial charge in [-0.2, -0.15) is 0 Å². The molecule has 2 aromatic carbocycles. The molecule has 0 radical (unpaired) electrons.